The summed E-state index contributed by atoms with van der Waals surface area (Å²) in [6, 6.07) is 13.6. The predicted molar refractivity (Wildman–Crippen MR) is 106 cm³/mol. The normalized spacial score (nSPS) is 12.5. The van der Waals surface area contributed by atoms with Crippen LogP contribution in [-0.2, 0) is 20.6 Å². The molecule has 28 heavy (non-hydrogen) atoms. The molecular weight excluding hydrogens is 360 g/mol. The molecule has 0 aliphatic heterocycles. The molecule has 0 radical (unpaired) electrons. The number of ether oxygens (including phenoxy) is 1. The van der Waals surface area contributed by atoms with Crippen LogP contribution in [0.2, 0.25) is 0 Å². The lowest BCUT2D eigenvalue weighted by atomic mass is 10.1. The highest BCUT2D eigenvalue weighted by Crippen LogP contribution is 2.25. The Morgan fingerprint density at radius 1 is 1.07 bits per heavy atom. The molecule has 8 heteroatoms. The topological polar surface area (TPSA) is 91.3 Å². The van der Waals surface area contributed by atoms with Crippen LogP contribution in [-0.4, -0.2) is 36.5 Å². The number of aryl methyl sites for hydroxylation is 1. The summed E-state index contributed by atoms with van der Waals surface area (Å²) in [4.78, 5) is 28.6. The second kappa shape index (κ2) is 6.97. The van der Waals surface area contributed by atoms with Gasteiger partial charge in [0.15, 0.2) is 11.2 Å². The minimum atomic E-state index is -0.863. The monoisotopic (exact) mass is 380 g/mol. The lowest BCUT2D eigenvalue weighted by molar-refractivity contribution is 0.0941. The molecule has 0 fully saturated rings. The maximum Gasteiger partial charge on any atom is 0.332 e. The first-order valence-electron chi connectivity index (χ1n) is 8.87. The van der Waals surface area contributed by atoms with Crippen LogP contribution in [0.3, 0.4) is 0 Å². The Balaban J connectivity index is 1.57. The summed E-state index contributed by atoms with van der Waals surface area (Å²) in [6.45, 7) is 0.175. The lowest BCUT2D eigenvalue weighted by Gasteiger charge is -2.15. The van der Waals surface area contributed by atoms with Gasteiger partial charge in [0.1, 0.15) is 18.5 Å². The van der Waals surface area contributed by atoms with Gasteiger partial charge in [0.25, 0.3) is 5.56 Å². The average molecular weight is 380 g/mol. The van der Waals surface area contributed by atoms with E-state index in [0.29, 0.717) is 5.75 Å². The maximum absolute atomic E-state index is 12.5. The van der Waals surface area contributed by atoms with Crippen LogP contribution in [0.5, 0.6) is 5.75 Å². The SMILES string of the molecule is Cn1c(=O)c2c(ncn2C[C@@H](O)COc2cccc3ccccc23)n(C)c1=O. The van der Waals surface area contributed by atoms with Gasteiger partial charge >= 0.3 is 5.69 Å². The van der Waals surface area contributed by atoms with Gasteiger partial charge in [-0.25, -0.2) is 9.78 Å². The number of aliphatic hydroxyl groups excluding tert-OH is 1. The zero-order valence-electron chi connectivity index (χ0n) is 15.6. The van der Waals surface area contributed by atoms with Crippen LogP contribution >= 0.6 is 0 Å². The van der Waals surface area contributed by atoms with Gasteiger partial charge < -0.3 is 14.4 Å². The van der Waals surface area contributed by atoms with E-state index in [1.54, 1.807) is 11.6 Å². The third-order valence-electron chi connectivity index (χ3n) is 4.81. The number of aliphatic hydroxyl groups is 1. The highest BCUT2D eigenvalue weighted by molar-refractivity contribution is 5.88. The first-order valence-corrected chi connectivity index (χ1v) is 8.87. The molecule has 0 spiro atoms. The second-order valence-corrected chi connectivity index (χ2v) is 6.72. The molecule has 0 aliphatic carbocycles. The first kappa shape index (κ1) is 18.0. The van der Waals surface area contributed by atoms with Crippen LogP contribution in [0.4, 0.5) is 0 Å². The molecule has 0 saturated carbocycles. The average Bonchev–Trinajstić information content (AvgIpc) is 3.12. The Morgan fingerprint density at radius 3 is 2.64 bits per heavy atom. The van der Waals surface area contributed by atoms with Crippen molar-refractivity contribution in [2.75, 3.05) is 6.61 Å². The highest BCUT2D eigenvalue weighted by Gasteiger charge is 2.16. The van der Waals surface area contributed by atoms with E-state index in [4.69, 9.17) is 4.74 Å². The van der Waals surface area contributed by atoms with Crippen molar-refractivity contribution in [3.63, 3.8) is 0 Å². The van der Waals surface area contributed by atoms with Crippen molar-refractivity contribution in [2.24, 2.45) is 14.1 Å². The van der Waals surface area contributed by atoms with Crippen molar-refractivity contribution in [3.8, 4) is 5.75 Å². The van der Waals surface area contributed by atoms with Crippen molar-refractivity contribution in [1.29, 1.82) is 0 Å². The molecule has 2 heterocycles. The third-order valence-corrected chi connectivity index (χ3v) is 4.81. The maximum atomic E-state index is 12.5. The summed E-state index contributed by atoms with van der Waals surface area (Å²) in [7, 11) is 2.98. The first-order chi connectivity index (χ1) is 13.5. The molecule has 144 valence electrons. The van der Waals surface area contributed by atoms with Gasteiger partial charge in [-0.2, -0.15) is 0 Å². The van der Waals surface area contributed by atoms with E-state index in [1.165, 1.54) is 17.9 Å². The summed E-state index contributed by atoms with van der Waals surface area (Å²) >= 11 is 0. The second-order valence-electron chi connectivity index (χ2n) is 6.72. The van der Waals surface area contributed by atoms with Crippen molar-refractivity contribution >= 4 is 21.9 Å². The molecule has 8 nitrogen and oxygen atoms in total. The fourth-order valence-corrected chi connectivity index (χ4v) is 3.32. The molecule has 0 aliphatic rings. The molecule has 0 amide bonds. The summed E-state index contributed by atoms with van der Waals surface area (Å²) < 4.78 is 9.71. The third kappa shape index (κ3) is 2.97. The number of imidazole rings is 1. The van der Waals surface area contributed by atoms with Gasteiger partial charge in [0.2, 0.25) is 0 Å². The lowest BCUT2D eigenvalue weighted by Crippen LogP contribution is -2.38. The molecular formula is C20H20N4O4. The Labute approximate surface area is 159 Å². The number of aromatic nitrogens is 4. The molecule has 1 N–H and O–H groups in total. The van der Waals surface area contributed by atoms with Crippen LogP contribution in [0.15, 0.2) is 58.4 Å². The van der Waals surface area contributed by atoms with E-state index < -0.39 is 17.4 Å². The number of benzene rings is 2. The largest absolute Gasteiger partial charge is 0.490 e. The van der Waals surface area contributed by atoms with Gasteiger partial charge in [0, 0.05) is 19.5 Å². The van der Waals surface area contributed by atoms with Gasteiger partial charge in [-0.15, -0.1) is 0 Å². The van der Waals surface area contributed by atoms with Crippen LogP contribution < -0.4 is 16.0 Å². The summed E-state index contributed by atoms with van der Waals surface area (Å²) in [5, 5.41) is 12.5. The Hall–Kier alpha value is -3.39. The Bertz CT molecular complexity index is 1280. The van der Waals surface area contributed by atoms with Crippen LogP contribution in [0.25, 0.3) is 21.9 Å². The molecule has 2 aromatic carbocycles. The zero-order chi connectivity index (χ0) is 19.8. The number of hydrogen-bond acceptors (Lipinski definition) is 5. The van der Waals surface area contributed by atoms with E-state index in [2.05, 4.69) is 4.98 Å². The molecule has 2 aromatic heterocycles. The van der Waals surface area contributed by atoms with Gasteiger partial charge in [-0.3, -0.25) is 13.9 Å². The zero-order valence-corrected chi connectivity index (χ0v) is 15.6. The molecule has 4 rings (SSSR count). The van der Waals surface area contributed by atoms with Gasteiger partial charge in [0.05, 0.1) is 12.9 Å². The van der Waals surface area contributed by atoms with E-state index >= 15 is 0 Å². The summed E-state index contributed by atoms with van der Waals surface area (Å²) in [5.41, 5.74) is -0.329. The molecule has 0 unspecified atom stereocenters. The minimum absolute atomic E-state index is 0.0553. The number of hydrogen-bond donors (Lipinski definition) is 1. The van der Waals surface area contributed by atoms with Crippen molar-refractivity contribution < 1.29 is 9.84 Å². The number of fused-ring (bicyclic) bond motifs is 2. The standard InChI is InChI=1S/C20H20N4O4/c1-22-18-17(19(26)23(2)20(22)27)24(12-21-18)10-14(25)11-28-16-9-5-7-13-6-3-4-8-15(13)16/h3-9,12,14,25H,10-11H2,1-2H3/t14-/m1/s1. The van der Waals surface area contributed by atoms with Crippen molar-refractivity contribution in [3.05, 3.63) is 69.6 Å². The molecule has 4 aromatic rings. The number of nitrogens with zero attached hydrogens (tertiary/aromatic N) is 4. The van der Waals surface area contributed by atoms with Gasteiger partial charge in [-0.1, -0.05) is 36.4 Å². The van der Waals surface area contributed by atoms with E-state index in [9.17, 15) is 14.7 Å². The molecule has 1 atom stereocenters. The fraction of sp³-hybridized carbons (Fsp3) is 0.250. The van der Waals surface area contributed by atoms with E-state index in [-0.39, 0.29) is 24.3 Å². The van der Waals surface area contributed by atoms with E-state index in [0.717, 1.165) is 15.3 Å². The minimum Gasteiger partial charge on any atom is -0.490 e. The molecule has 0 bridgehead atoms. The Morgan fingerprint density at radius 2 is 1.82 bits per heavy atom. The number of rotatable bonds is 5. The summed E-state index contributed by atoms with van der Waals surface area (Å²) in [5.74, 6) is 0.686. The van der Waals surface area contributed by atoms with Crippen LogP contribution in [0.1, 0.15) is 0 Å². The fourth-order valence-electron chi connectivity index (χ4n) is 3.32. The summed E-state index contributed by atoms with van der Waals surface area (Å²) in [6.07, 6.45) is 0.588. The van der Waals surface area contributed by atoms with Crippen molar-refractivity contribution in [1.82, 2.24) is 18.7 Å². The van der Waals surface area contributed by atoms with Gasteiger partial charge in [-0.05, 0) is 11.5 Å². The smallest absolute Gasteiger partial charge is 0.332 e. The van der Waals surface area contributed by atoms with Crippen LogP contribution in [0, 0.1) is 0 Å². The van der Waals surface area contributed by atoms with Crippen molar-refractivity contribution in [2.45, 2.75) is 12.6 Å². The van der Waals surface area contributed by atoms with E-state index in [1.807, 2.05) is 42.5 Å². The highest BCUT2D eigenvalue weighted by atomic mass is 16.5. The Kier molecular flexibility index (Phi) is 4.48. The predicted octanol–water partition coefficient (Wildman–Crippen LogP) is 1.03. The molecule has 0 saturated heterocycles. The quantitative estimate of drug-likeness (QED) is 0.558.